The van der Waals surface area contributed by atoms with Crippen molar-refractivity contribution in [1.82, 2.24) is 9.97 Å². The largest absolute Gasteiger partial charge is 0.306 e. The first-order valence-electron chi connectivity index (χ1n) is 7.64. The van der Waals surface area contributed by atoms with Gasteiger partial charge >= 0.3 is 0 Å². The summed E-state index contributed by atoms with van der Waals surface area (Å²) in [6, 6.07) is 7.44. The summed E-state index contributed by atoms with van der Waals surface area (Å²) in [4.78, 5) is 22.1. The van der Waals surface area contributed by atoms with Crippen LogP contribution in [0.15, 0.2) is 40.5 Å². The zero-order valence-electron chi connectivity index (χ0n) is 13.1. The van der Waals surface area contributed by atoms with E-state index in [-0.39, 0.29) is 16.9 Å². The lowest BCUT2D eigenvalue weighted by atomic mass is 10.1. The van der Waals surface area contributed by atoms with Gasteiger partial charge < -0.3 is 4.98 Å². The first kappa shape index (κ1) is 16.1. The van der Waals surface area contributed by atoms with Crippen molar-refractivity contribution in [2.75, 3.05) is 0 Å². The van der Waals surface area contributed by atoms with Crippen molar-refractivity contribution in [3.8, 4) is 21.8 Å². The second-order valence-corrected chi connectivity index (χ2v) is 7.45. The molecule has 126 valence electrons. The van der Waals surface area contributed by atoms with Crippen LogP contribution in [0.3, 0.4) is 0 Å². The number of aromatic amines is 1. The van der Waals surface area contributed by atoms with E-state index in [4.69, 9.17) is 0 Å². The summed E-state index contributed by atoms with van der Waals surface area (Å²) < 4.78 is 28.1. The highest BCUT2D eigenvalue weighted by molar-refractivity contribution is 7.20. The molecular weight excluding hydrogens is 362 g/mol. The highest BCUT2D eigenvalue weighted by Gasteiger charge is 2.21. The lowest BCUT2D eigenvalue weighted by molar-refractivity contribution is 0.587. The molecule has 7 heteroatoms. The molecule has 0 saturated heterocycles. The van der Waals surface area contributed by atoms with Crippen LogP contribution in [0.5, 0.6) is 0 Å². The lowest BCUT2D eigenvalue weighted by Crippen LogP contribution is -2.10. The molecule has 0 saturated carbocycles. The summed E-state index contributed by atoms with van der Waals surface area (Å²) in [6.07, 6.45) is 0.747. The summed E-state index contributed by atoms with van der Waals surface area (Å²) in [5.74, 6) is -1.60. The zero-order valence-corrected chi connectivity index (χ0v) is 14.7. The summed E-state index contributed by atoms with van der Waals surface area (Å²) in [6.45, 7) is 2.01. The fraction of sp³-hybridized carbons (Fsp3) is 0.111. The Balaban J connectivity index is 2.03. The number of nitrogens with one attached hydrogen (secondary N) is 1. The Labute approximate surface area is 149 Å². The number of thiophene rings is 2. The van der Waals surface area contributed by atoms with Gasteiger partial charge in [0.1, 0.15) is 22.3 Å². The van der Waals surface area contributed by atoms with Crippen LogP contribution in [0.2, 0.25) is 0 Å². The molecule has 1 aromatic carbocycles. The average molecular weight is 374 g/mol. The Morgan fingerprint density at radius 1 is 1.12 bits per heavy atom. The van der Waals surface area contributed by atoms with E-state index >= 15 is 0 Å². The topological polar surface area (TPSA) is 45.8 Å². The predicted molar refractivity (Wildman–Crippen MR) is 98.3 cm³/mol. The van der Waals surface area contributed by atoms with Crippen molar-refractivity contribution in [2.24, 2.45) is 0 Å². The molecule has 0 aliphatic carbocycles. The minimum absolute atomic E-state index is 0.0882. The number of hydrogen-bond donors (Lipinski definition) is 1. The van der Waals surface area contributed by atoms with E-state index in [1.165, 1.54) is 17.4 Å². The standard InChI is InChI=1S/C18H12F2N2OS2/c1-2-11-14(12-7-4-8-24-12)15-17(23)21-16(22-18(15)25-11)13-9(19)5-3-6-10(13)20/h3-8H,2H2,1H3,(H,21,22,23). The van der Waals surface area contributed by atoms with Crippen LogP contribution in [0.25, 0.3) is 32.0 Å². The Morgan fingerprint density at radius 3 is 2.52 bits per heavy atom. The molecule has 0 bridgehead atoms. The Kier molecular flexibility index (Phi) is 3.97. The van der Waals surface area contributed by atoms with Crippen LogP contribution in [-0.2, 0) is 6.42 Å². The zero-order chi connectivity index (χ0) is 17.6. The van der Waals surface area contributed by atoms with Gasteiger partial charge in [-0.3, -0.25) is 4.79 Å². The molecule has 4 rings (SSSR count). The SMILES string of the molecule is CCc1sc2nc(-c3c(F)cccc3F)[nH]c(=O)c2c1-c1cccs1. The monoisotopic (exact) mass is 374 g/mol. The van der Waals surface area contributed by atoms with Gasteiger partial charge in [0.05, 0.1) is 10.9 Å². The number of hydrogen-bond acceptors (Lipinski definition) is 4. The third kappa shape index (κ3) is 2.60. The smallest absolute Gasteiger partial charge is 0.260 e. The molecule has 3 aromatic heterocycles. The molecule has 0 spiro atoms. The van der Waals surface area contributed by atoms with Crippen molar-refractivity contribution >= 4 is 32.9 Å². The Morgan fingerprint density at radius 2 is 1.88 bits per heavy atom. The molecule has 0 atom stereocenters. The highest BCUT2D eigenvalue weighted by Crippen LogP contribution is 2.39. The van der Waals surface area contributed by atoms with Crippen LogP contribution in [0.1, 0.15) is 11.8 Å². The van der Waals surface area contributed by atoms with E-state index in [0.717, 1.165) is 33.9 Å². The van der Waals surface area contributed by atoms with Crippen molar-refractivity contribution in [3.05, 3.63) is 62.6 Å². The number of H-pyrrole nitrogens is 1. The number of nitrogens with zero attached hydrogens (tertiary/aromatic N) is 1. The van der Waals surface area contributed by atoms with Gasteiger partial charge in [-0.1, -0.05) is 19.1 Å². The molecule has 0 aliphatic heterocycles. The van der Waals surface area contributed by atoms with Crippen LogP contribution >= 0.6 is 22.7 Å². The number of aromatic nitrogens is 2. The molecule has 0 radical (unpaired) electrons. The Hall–Kier alpha value is -2.38. The molecule has 0 amide bonds. The van der Waals surface area contributed by atoms with Crippen LogP contribution in [0.4, 0.5) is 8.78 Å². The average Bonchev–Trinajstić information content (AvgIpc) is 3.21. The first-order valence-corrected chi connectivity index (χ1v) is 9.33. The van der Waals surface area contributed by atoms with E-state index in [0.29, 0.717) is 10.2 Å². The maximum absolute atomic E-state index is 14.0. The number of benzene rings is 1. The minimum Gasteiger partial charge on any atom is -0.306 e. The quantitative estimate of drug-likeness (QED) is 0.534. The van der Waals surface area contributed by atoms with Crippen molar-refractivity contribution < 1.29 is 8.78 Å². The summed E-state index contributed by atoms with van der Waals surface area (Å²) in [7, 11) is 0. The van der Waals surface area contributed by atoms with Gasteiger partial charge in [0.15, 0.2) is 0 Å². The summed E-state index contributed by atoms with van der Waals surface area (Å²) in [5, 5.41) is 2.42. The molecule has 25 heavy (non-hydrogen) atoms. The van der Waals surface area contributed by atoms with E-state index in [1.807, 2.05) is 24.4 Å². The number of aryl methyl sites for hydroxylation is 1. The van der Waals surface area contributed by atoms with Gasteiger partial charge in [0.2, 0.25) is 0 Å². The van der Waals surface area contributed by atoms with E-state index in [9.17, 15) is 13.6 Å². The van der Waals surface area contributed by atoms with Gasteiger partial charge in [-0.05, 0) is 30.0 Å². The van der Waals surface area contributed by atoms with Crippen LogP contribution < -0.4 is 5.56 Å². The molecule has 4 aromatic rings. The van der Waals surface area contributed by atoms with Gasteiger partial charge in [0.25, 0.3) is 5.56 Å². The van der Waals surface area contributed by atoms with Crippen LogP contribution in [0, 0.1) is 11.6 Å². The number of halogens is 2. The molecular formula is C18H12F2N2OS2. The normalized spacial score (nSPS) is 11.3. The Bertz CT molecular complexity index is 1110. The molecule has 0 aliphatic rings. The molecule has 0 unspecified atom stereocenters. The molecule has 3 nitrogen and oxygen atoms in total. The van der Waals surface area contributed by atoms with E-state index < -0.39 is 11.6 Å². The third-order valence-electron chi connectivity index (χ3n) is 3.92. The van der Waals surface area contributed by atoms with E-state index in [2.05, 4.69) is 9.97 Å². The fourth-order valence-electron chi connectivity index (χ4n) is 2.83. The van der Waals surface area contributed by atoms with Gasteiger partial charge in [0, 0.05) is 15.3 Å². The number of rotatable bonds is 3. The predicted octanol–water partition coefficient (Wildman–Crippen LogP) is 5.22. The van der Waals surface area contributed by atoms with Crippen molar-refractivity contribution in [1.29, 1.82) is 0 Å². The molecule has 1 N–H and O–H groups in total. The van der Waals surface area contributed by atoms with Crippen molar-refractivity contribution in [3.63, 3.8) is 0 Å². The maximum Gasteiger partial charge on any atom is 0.260 e. The van der Waals surface area contributed by atoms with Gasteiger partial charge in [-0.25, -0.2) is 13.8 Å². The summed E-state index contributed by atoms with van der Waals surface area (Å²) in [5.41, 5.74) is 0.166. The second kappa shape index (κ2) is 6.16. The maximum atomic E-state index is 14.0. The lowest BCUT2D eigenvalue weighted by Gasteiger charge is -2.04. The van der Waals surface area contributed by atoms with Crippen molar-refractivity contribution in [2.45, 2.75) is 13.3 Å². The summed E-state index contributed by atoms with van der Waals surface area (Å²) >= 11 is 2.93. The van der Waals surface area contributed by atoms with Gasteiger partial charge in [-0.2, -0.15) is 0 Å². The minimum atomic E-state index is -0.756. The highest BCUT2D eigenvalue weighted by atomic mass is 32.1. The molecule has 3 heterocycles. The third-order valence-corrected chi connectivity index (χ3v) is 6.04. The van der Waals surface area contributed by atoms with Gasteiger partial charge in [-0.15, -0.1) is 22.7 Å². The van der Waals surface area contributed by atoms with Crippen LogP contribution in [-0.4, -0.2) is 9.97 Å². The fourth-order valence-corrected chi connectivity index (χ4v) is 4.82. The second-order valence-electron chi connectivity index (χ2n) is 5.42. The molecule has 0 fully saturated rings. The number of fused-ring (bicyclic) bond motifs is 1. The first-order chi connectivity index (χ1) is 12.1. The van der Waals surface area contributed by atoms with E-state index in [1.54, 1.807) is 11.3 Å².